The normalized spacial score (nSPS) is 9.67. The van der Waals surface area contributed by atoms with Crippen LogP contribution in [0.3, 0.4) is 0 Å². The van der Waals surface area contributed by atoms with E-state index in [1.165, 1.54) is 0 Å². The van der Waals surface area contributed by atoms with Crippen LogP contribution in [0.4, 0.5) is 5.69 Å². The highest BCUT2D eigenvalue weighted by molar-refractivity contribution is 5.92. The van der Waals surface area contributed by atoms with E-state index in [2.05, 4.69) is 20.9 Å². The molecule has 0 spiro atoms. The van der Waals surface area contributed by atoms with Crippen LogP contribution >= 0.6 is 0 Å². The molecule has 0 saturated heterocycles. The fraction of sp³-hybridized carbons (Fsp3) is 0.417. The zero-order valence-electron chi connectivity index (χ0n) is 10.6. The molecule has 6 heteroatoms. The Labute approximate surface area is 106 Å². The first kappa shape index (κ1) is 14.0. The van der Waals surface area contributed by atoms with Crippen LogP contribution in [0.15, 0.2) is 18.3 Å². The smallest absolute Gasteiger partial charge is 0.269 e. The Bertz CT molecular complexity index is 420. The van der Waals surface area contributed by atoms with Crippen molar-refractivity contribution in [2.24, 2.45) is 0 Å². The first-order valence-corrected chi connectivity index (χ1v) is 5.86. The summed E-state index contributed by atoms with van der Waals surface area (Å²) < 4.78 is 0. The highest BCUT2D eigenvalue weighted by atomic mass is 16.2. The van der Waals surface area contributed by atoms with E-state index in [0.717, 1.165) is 5.69 Å². The topological polar surface area (TPSA) is 83.1 Å². The summed E-state index contributed by atoms with van der Waals surface area (Å²) >= 11 is 0. The number of amides is 2. The van der Waals surface area contributed by atoms with Gasteiger partial charge in [-0.3, -0.25) is 14.6 Å². The highest BCUT2D eigenvalue weighted by Gasteiger charge is 2.05. The summed E-state index contributed by atoms with van der Waals surface area (Å²) in [5, 5.41) is 8.29. The van der Waals surface area contributed by atoms with Crippen molar-refractivity contribution in [3.63, 3.8) is 0 Å². The van der Waals surface area contributed by atoms with Crippen LogP contribution in [-0.4, -0.2) is 36.9 Å². The number of carbonyl (C=O) groups excluding carboxylic acids is 2. The fourth-order valence-corrected chi connectivity index (χ4v) is 1.40. The lowest BCUT2D eigenvalue weighted by Gasteiger charge is -2.07. The van der Waals surface area contributed by atoms with Gasteiger partial charge in [-0.1, -0.05) is 0 Å². The van der Waals surface area contributed by atoms with Crippen LogP contribution in [0.5, 0.6) is 0 Å². The third kappa shape index (κ3) is 4.40. The molecule has 98 valence electrons. The van der Waals surface area contributed by atoms with E-state index in [4.69, 9.17) is 0 Å². The second-order valence-electron chi connectivity index (χ2n) is 3.64. The predicted octanol–water partition coefficient (Wildman–Crippen LogP) is 0.379. The molecular formula is C12H18N4O2. The zero-order chi connectivity index (χ0) is 13.4. The second-order valence-corrected chi connectivity index (χ2v) is 3.64. The van der Waals surface area contributed by atoms with Gasteiger partial charge in [0.15, 0.2) is 0 Å². The van der Waals surface area contributed by atoms with Crippen molar-refractivity contribution in [3.8, 4) is 0 Å². The van der Waals surface area contributed by atoms with Gasteiger partial charge in [0.05, 0.1) is 0 Å². The van der Waals surface area contributed by atoms with Gasteiger partial charge in [-0.2, -0.15) is 0 Å². The number of hydrogen-bond donors (Lipinski definition) is 3. The van der Waals surface area contributed by atoms with Gasteiger partial charge >= 0.3 is 0 Å². The van der Waals surface area contributed by atoms with Crippen molar-refractivity contribution < 1.29 is 9.59 Å². The molecule has 18 heavy (non-hydrogen) atoms. The van der Waals surface area contributed by atoms with Crippen molar-refractivity contribution >= 4 is 17.5 Å². The van der Waals surface area contributed by atoms with Crippen LogP contribution in [0.1, 0.15) is 23.8 Å². The number of pyridine rings is 1. The molecule has 3 N–H and O–H groups in total. The summed E-state index contributed by atoms with van der Waals surface area (Å²) in [5.41, 5.74) is 1.12. The number of carbonyl (C=O) groups is 2. The number of hydrogen-bond acceptors (Lipinski definition) is 4. The molecule has 1 rings (SSSR count). The Balaban J connectivity index is 2.47. The SMILES string of the molecule is CCNC(=O)CCNc1ccnc(C(=O)NC)c1. The van der Waals surface area contributed by atoms with Gasteiger partial charge in [-0.05, 0) is 19.1 Å². The van der Waals surface area contributed by atoms with E-state index in [-0.39, 0.29) is 11.8 Å². The molecule has 0 saturated carbocycles. The standard InChI is InChI=1S/C12H18N4O2/c1-3-14-11(17)5-7-15-9-4-6-16-10(8-9)12(18)13-2/h4,6,8H,3,5,7H2,1-2H3,(H,13,18)(H,14,17)(H,15,16). The molecule has 0 fully saturated rings. The zero-order valence-corrected chi connectivity index (χ0v) is 10.6. The Morgan fingerprint density at radius 2 is 2.17 bits per heavy atom. The van der Waals surface area contributed by atoms with E-state index in [1.54, 1.807) is 25.4 Å². The minimum absolute atomic E-state index is 0.00517. The Kier molecular flexibility index (Phi) is 5.63. The molecule has 2 amide bonds. The summed E-state index contributed by atoms with van der Waals surface area (Å²) in [6.07, 6.45) is 1.95. The minimum Gasteiger partial charge on any atom is -0.384 e. The number of aromatic nitrogens is 1. The molecule has 0 unspecified atom stereocenters. The Hall–Kier alpha value is -2.11. The molecule has 0 atom stereocenters. The highest BCUT2D eigenvalue weighted by Crippen LogP contribution is 2.07. The van der Waals surface area contributed by atoms with Crippen LogP contribution in [-0.2, 0) is 4.79 Å². The van der Waals surface area contributed by atoms with Crippen LogP contribution < -0.4 is 16.0 Å². The van der Waals surface area contributed by atoms with Crippen LogP contribution in [0.25, 0.3) is 0 Å². The summed E-state index contributed by atoms with van der Waals surface area (Å²) in [4.78, 5) is 26.5. The molecule has 0 aliphatic carbocycles. The fourth-order valence-electron chi connectivity index (χ4n) is 1.40. The number of nitrogens with one attached hydrogen (secondary N) is 3. The van der Waals surface area contributed by atoms with Gasteiger partial charge in [0.25, 0.3) is 5.91 Å². The van der Waals surface area contributed by atoms with Gasteiger partial charge in [0, 0.05) is 38.4 Å². The average Bonchev–Trinajstić information content (AvgIpc) is 2.38. The van der Waals surface area contributed by atoms with Gasteiger partial charge in [0.2, 0.25) is 5.91 Å². The number of nitrogens with zero attached hydrogens (tertiary/aromatic N) is 1. The number of rotatable bonds is 6. The molecule has 0 aromatic carbocycles. The van der Waals surface area contributed by atoms with Crippen molar-refractivity contribution in [1.29, 1.82) is 0 Å². The van der Waals surface area contributed by atoms with Crippen molar-refractivity contribution in [2.45, 2.75) is 13.3 Å². The predicted molar refractivity (Wildman–Crippen MR) is 69.4 cm³/mol. The third-order valence-corrected chi connectivity index (χ3v) is 2.27. The first-order chi connectivity index (χ1) is 8.67. The van der Waals surface area contributed by atoms with Crippen molar-refractivity contribution in [2.75, 3.05) is 25.5 Å². The molecule has 1 aromatic rings. The quantitative estimate of drug-likeness (QED) is 0.681. The average molecular weight is 250 g/mol. The summed E-state index contributed by atoms with van der Waals surface area (Å²) in [6.45, 7) is 3.03. The lowest BCUT2D eigenvalue weighted by molar-refractivity contribution is -0.120. The number of anilines is 1. The molecule has 6 nitrogen and oxygen atoms in total. The molecule has 0 aliphatic heterocycles. The maximum Gasteiger partial charge on any atom is 0.269 e. The molecular weight excluding hydrogens is 232 g/mol. The lowest BCUT2D eigenvalue weighted by atomic mass is 10.3. The first-order valence-electron chi connectivity index (χ1n) is 5.86. The monoisotopic (exact) mass is 250 g/mol. The van der Waals surface area contributed by atoms with Gasteiger partial charge in [-0.15, -0.1) is 0 Å². The van der Waals surface area contributed by atoms with Crippen LogP contribution in [0.2, 0.25) is 0 Å². The molecule has 1 aromatic heterocycles. The van der Waals surface area contributed by atoms with Gasteiger partial charge in [-0.25, -0.2) is 0 Å². The third-order valence-electron chi connectivity index (χ3n) is 2.27. The maximum absolute atomic E-state index is 11.4. The lowest BCUT2D eigenvalue weighted by Crippen LogP contribution is -2.24. The van der Waals surface area contributed by atoms with E-state index in [0.29, 0.717) is 25.2 Å². The molecule has 0 radical (unpaired) electrons. The van der Waals surface area contributed by atoms with E-state index in [1.807, 2.05) is 6.92 Å². The largest absolute Gasteiger partial charge is 0.384 e. The van der Waals surface area contributed by atoms with E-state index in [9.17, 15) is 9.59 Å². The second kappa shape index (κ2) is 7.26. The summed E-state index contributed by atoms with van der Waals surface area (Å²) in [6, 6.07) is 3.40. The van der Waals surface area contributed by atoms with Crippen LogP contribution in [0, 0.1) is 0 Å². The van der Waals surface area contributed by atoms with Gasteiger partial charge < -0.3 is 16.0 Å². The summed E-state index contributed by atoms with van der Waals surface area (Å²) in [7, 11) is 1.55. The summed E-state index contributed by atoms with van der Waals surface area (Å²) in [5.74, 6) is -0.229. The maximum atomic E-state index is 11.4. The molecule has 0 aliphatic rings. The minimum atomic E-state index is -0.234. The Morgan fingerprint density at radius 3 is 2.83 bits per heavy atom. The van der Waals surface area contributed by atoms with E-state index >= 15 is 0 Å². The molecule has 0 bridgehead atoms. The van der Waals surface area contributed by atoms with Crippen molar-refractivity contribution in [1.82, 2.24) is 15.6 Å². The Morgan fingerprint density at radius 1 is 1.39 bits per heavy atom. The molecule has 1 heterocycles. The van der Waals surface area contributed by atoms with Gasteiger partial charge in [0.1, 0.15) is 5.69 Å². The van der Waals surface area contributed by atoms with Crippen molar-refractivity contribution in [3.05, 3.63) is 24.0 Å². The van der Waals surface area contributed by atoms with E-state index < -0.39 is 0 Å².